The zero-order chi connectivity index (χ0) is 18.0. The number of hydrogen-bond donors (Lipinski definition) is 1. The molecular weight excluding hydrogens is 316 g/mol. The molecule has 0 bridgehead atoms. The Bertz CT molecular complexity index is 867. The van der Waals surface area contributed by atoms with Crippen LogP contribution in [0.5, 0.6) is 0 Å². The summed E-state index contributed by atoms with van der Waals surface area (Å²) in [6.45, 7) is 10.6. The minimum atomic E-state index is 0.362. The van der Waals surface area contributed by atoms with E-state index < -0.39 is 0 Å². The van der Waals surface area contributed by atoms with Gasteiger partial charge in [-0.05, 0) is 39.0 Å². The van der Waals surface area contributed by atoms with Crippen LogP contribution in [0.3, 0.4) is 0 Å². The van der Waals surface area contributed by atoms with Gasteiger partial charge in [0.05, 0.1) is 6.54 Å². The predicted octanol–water partition coefficient (Wildman–Crippen LogP) is 3.01. The molecule has 0 radical (unpaired) electrons. The van der Waals surface area contributed by atoms with Crippen molar-refractivity contribution < 1.29 is 4.52 Å². The Morgan fingerprint density at radius 3 is 2.28 bits per heavy atom. The molecule has 7 nitrogen and oxygen atoms in total. The first-order valence-corrected chi connectivity index (χ1v) is 8.28. The molecule has 0 saturated carbocycles. The van der Waals surface area contributed by atoms with Crippen LogP contribution in [-0.4, -0.2) is 31.1 Å². The monoisotopic (exact) mass is 338 g/mol. The van der Waals surface area contributed by atoms with Gasteiger partial charge in [-0.2, -0.15) is 4.98 Å². The molecule has 0 aliphatic rings. The first-order chi connectivity index (χ1) is 11.9. The Morgan fingerprint density at radius 1 is 0.920 bits per heavy atom. The van der Waals surface area contributed by atoms with Crippen molar-refractivity contribution in [1.29, 1.82) is 0 Å². The number of rotatable bonds is 5. The highest BCUT2D eigenvalue weighted by molar-refractivity contribution is 5.58. The lowest BCUT2D eigenvalue weighted by atomic mass is 10.2. The topological polar surface area (TPSA) is 89.6 Å². The summed E-state index contributed by atoms with van der Waals surface area (Å²) in [5, 5.41) is 7.40. The Kier molecular flexibility index (Phi) is 4.85. The highest BCUT2D eigenvalue weighted by Crippen LogP contribution is 2.22. The second-order valence-corrected chi connectivity index (χ2v) is 6.41. The summed E-state index contributed by atoms with van der Waals surface area (Å²) >= 11 is 0. The number of aromatic nitrogens is 5. The van der Waals surface area contributed by atoms with Gasteiger partial charge < -0.3 is 9.84 Å². The van der Waals surface area contributed by atoms with E-state index in [0.29, 0.717) is 35.8 Å². The van der Waals surface area contributed by atoms with Crippen LogP contribution in [0, 0.1) is 20.8 Å². The van der Waals surface area contributed by atoms with Crippen molar-refractivity contribution in [3.63, 3.8) is 0 Å². The fourth-order valence-corrected chi connectivity index (χ4v) is 2.52. The molecule has 3 aromatic rings. The summed E-state index contributed by atoms with van der Waals surface area (Å²) in [5.74, 6) is 1.62. The molecule has 0 aliphatic carbocycles. The van der Waals surface area contributed by atoms with E-state index in [1.54, 1.807) is 0 Å². The Hall–Kier alpha value is -2.67. The third kappa shape index (κ3) is 4.24. The molecule has 0 fully saturated rings. The largest absolute Gasteiger partial charge is 0.332 e. The van der Waals surface area contributed by atoms with Crippen LogP contribution < -0.4 is 5.32 Å². The third-order valence-corrected chi connectivity index (χ3v) is 3.55. The zero-order valence-corrected chi connectivity index (χ0v) is 15.2. The van der Waals surface area contributed by atoms with E-state index >= 15 is 0 Å². The van der Waals surface area contributed by atoms with Crippen LogP contribution >= 0.6 is 0 Å². The predicted molar refractivity (Wildman–Crippen MR) is 94.7 cm³/mol. The molecular formula is C18H22N6O. The lowest BCUT2D eigenvalue weighted by molar-refractivity contribution is 0.430. The van der Waals surface area contributed by atoms with Gasteiger partial charge in [0.15, 0.2) is 0 Å². The Balaban J connectivity index is 1.91. The molecule has 3 aromatic heterocycles. The molecule has 0 spiro atoms. The van der Waals surface area contributed by atoms with Gasteiger partial charge in [-0.15, -0.1) is 0 Å². The molecule has 0 saturated heterocycles. The standard InChI is InChI=1S/C18H22N6O/c1-10(2)19-9-16-21-13(5)8-15(22-16)18-23-17(24-25-18)14-6-11(3)20-12(4)7-14/h6-8,10,19H,9H2,1-5H3. The van der Waals surface area contributed by atoms with Gasteiger partial charge in [0.1, 0.15) is 11.5 Å². The quantitative estimate of drug-likeness (QED) is 0.764. The lowest BCUT2D eigenvalue weighted by Gasteiger charge is -2.08. The van der Waals surface area contributed by atoms with Gasteiger partial charge in [-0.3, -0.25) is 4.98 Å². The molecule has 0 aliphatic heterocycles. The van der Waals surface area contributed by atoms with E-state index in [2.05, 4.69) is 44.3 Å². The SMILES string of the molecule is Cc1cc(-c2noc(-c3cc(C)nc(CNC(C)C)n3)n2)cc(C)n1. The second-order valence-electron chi connectivity index (χ2n) is 6.41. The van der Waals surface area contributed by atoms with E-state index in [1.807, 2.05) is 39.0 Å². The lowest BCUT2D eigenvalue weighted by Crippen LogP contribution is -2.23. The van der Waals surface area contributed by atoms with E-state index in [1.165, 1.54) is 0 Å². The average molecular weight is 338 g/mol. The number of pyridine rings is 1. The molecule has 3 heterocycles. The number of nitrogens with one attached hydrogen (secondary N) is 1. The first kappa shape index (κ1) is 17.2. The normalized spacial score (nSPS) is 11.3. The summed E-state index contributed by atoms with van der Waals surface area (Å²) in [5.41, 5.74) is 4.21. The third-order valence-electron chi connectivity index (χ3n) is 3.55. The van der Waals surface area contributed by atoms with Crippen LogP contribution in [0.2, 0.25) is 0 Å². The van der Waals surface area contributed by atoms with Crippen molar-refractivity contribution in [1.82, 2.24) is 30.4 Å². The van der Waals surface area contributed by atoms with E-state index in [-0.39, 0.29) is 0 Å². The van der Waals surface area contributed by atoms with E-state index in [9.17, 15) is 0 Å². The fraction of sp³-hybridized carbons (Fsp3) is 0.389. The highest BCUT2D eigenvalue weighted by Gasteiger charge is 2.14. The maximum Gasteiger partial charge on any atom is 0.276 e. The molecule has 0 unspecified atom stereocenters. The average Bonchev–Trinajstić information content (AvgIpc) is 3.01. The summed E-state index contributed by atoms with van der Waals surface area (Å²) < 4.78 is 5.43. The van der Waals surface area contributed by atoms with Crippen molar-refractivity contribution in [3.8, 4) is 23.0 Å². The molecule has 130 valence electrons. The zero-order valence-electron chi connectivity index (χ0n) is 15.2. The first-order valence-electron chi connectivity index (χ1n) is 8.28. The molecule has 1 N–H and O–H groups in total. The molecule has 0 atom stereocenters. The smallest absolute Gasteiger partial charge is 0.276 e. The van der Waals surface area contributed by atoms with Crippen molar-refractivity contribution in [2.75, 3.05) is 0 Å². The van der Waals surface area contributed by atoms with Crippen molar-refractivity contribution in [2.24, 2.45) is 0 Å². The maximum atomic E-state index is 5.43. The molecule has 3 rings (SSSR count). The van der Waals surface area contributed by atoms with Gasteiger partial charge in [-0.1, -0.05) is 19.0 Å². The van der Waals surface area contributed by atoms with Crippen molar-refractivity contribution >= 4 is 0 Å². The van der Waals surface area contributed by atoms with Gasteiger partial charge in [0.25, 0.3) is 5.89 Å². The molecule has 25 heavy (non-hydrogen) atoms. The van der Waals surface area contributed by atoms with Crippen molar-refractivity contribution in [2.45, 2.75) is 47.2 Å². The van der Waals surface area contributed by atoms with Gasteiger partial charge >= 0.3 is 0 Å². The second kappa shape index (κ2) is 7.06. The van der Waals surface area contributed by atoms with Gasteiger partial charge in [0.2, 0.25) is 5.82 Å². The van der Waals surface area contributed by atoms with Crippen LogP contribution in [0.4, 0.5) is 0 Å². The van der Waals surface area contributed by atoms with Gasteiger partial charge in [0, 0.05) is 28.7 Å². The molecule has 0 amide bonds. The summed E-state index contributed by atoms with van der Waals surface area (Å²) in [7, 11) is 0. The fourth-order valence-electron chi connectivity index (χ4n) is 2.52. The number of aryl methyl sites for hydroxylation is 3. The highest BCUT2D eigenvalue weighted by atomic mass is 16.5. The van der Waals surface area contributed by atoms with Crippen LogP contribution in [0.25, 0.3) is 23.0 Å². The van der Waals surface area contributed by atoms with Crippen LogP contribution in [0.1, 0.15) is 36.8 Å². The van der Waals surface area contributed by atoms with Crippen LogP contribution in [-0.2, 0) is 6.54 Å². The summed E-state index contributed by atoms with van der Waals surface area (Å²) in [6, 6.07) is 6.08. The maximum absolute atomic E-state index is 5.43. The van der Waals surface area contributed by atoms with Gasteiger partial charge in [-0.25, -0.2) is 9.97 Å². The molecule has 7 heteroatoms. The van der Waals surface area contributed by atoms with Crippen LogP contribution in [0.15, 0.2) is 22.7 Å². The summed E-state index contributed by atoms with van der Waals surface area (Å²) in [6.07, 6.45) is 0. The van der Waals surface area contributed by atoms with E-state index in [4.69, 9.17) is 4.52 Å². The minimum absolute atomic E-state index is 0.362. The molecule has 0 aromatic carbocycles. The Labute approximate surface area is 146 Å². The number of nitrogens with zero attached hydrogens (tertiary/aromatic N) is 5. The van der Waals surface area contributed by atoms with E-state index in [0.717, 1.165) is 22.6 Å². The summed E-state index contributed by atoms with van der Waals surface area (Å²) in [4.78, 5) is 17.8. The van der Waals surface area contributed by atoms with Crippen molar-refractivity contribution in [3.05, 3.63) is 41.1 Å². The Morgan fingerprint density at radius 2 is 1.60 bits per heavy atom. The minimum Gasteiger partial charge on any atom is -0.332 e. The number of hydrogen-bond acceptors (Lipinski definition) is 7.